The number of hydrogen-bond donors (Lipinski definition) is 0. The molecule has 0 radical (unpaired) electrons. The number of nitrogens with zero attached hydrogens (tertiary/aromatic N) is 2. The molecule has 1 heterocycles. The van der Waals surface area contributed by atoms with E-state index in [2.05, 4.69) is 72.1 Å². The molecular formula is C24H30N2S. The molecule has 0 N–H and O–H groups in total. The van der Waals surface area contributed by atoms with Crippen LogP contribution in [0.4, 0.5) is 0 Å². The van der Waals surface area contributed by atoms with Gasteiger partial charge in [-0.2, -0.15) is 0 Å². The van der Waals surface area contributed by atoms with Crippen LogP contribution >= 0.6 is 11.8 Å². The van der Waals surface area contributed by atoms with Gasteiger partial charge in [-0.05, 0) is 44.0 Å². The molecular weight excluding hydrogens is 348 g/mol. The lowest BCUT2D eigenvalue weighted by molar-refractivity contribution is 0.610. The number of thioether (sulfide) groups is 1. The van der Waals surface area contributed by atoms with E-state index in [1.54, 1.807) is 0 Å². The molecule has 0 aliphatic rings. The monoisotopic (exact) mass is 378 g/mol. The van der Waals surface area contributed by atoms with Crippen molar-refractivity contribution in [1.82, 2.24) is 9.55 Å². The molecule has 0 bridgehead atoms. The molecule has 0 aliphatic heterocycles. The van der Waals surface area contributed by atoms with Gasteiger partial charge in [0.05, 0.1) is 17.4 Å². The summed E-state index contributed by atoms with van der Waals surface area (Å²) in [7, 11) is 0. The summed E-state index contributed by atoms with van der Waals surface area (Å²) in [5.74, 6) is 0. The number of allylic oxidation sites excluding steroid dienone is 1. The number of benzene rings is 2. The first-order chi connectivity index (χ1) is 13.3. The van der Waals surface area contributed by atoms with Gasteiger partial charge in [-0.15, -0.1) is 0 Å². The first-order valence-corrected chi connectivity index (χ1v) is 10.9. The van der Waals surface area contributed by atoms with Crippen LogP contribution in [0.5, 0.6) is 0 Å². The Hall–Kier alpha value is -2.00. The molecule has 0 saturated carbocycles. The zero-order valence-electron chi connectivity index (χ0n) is 16.5. The quantitative estimate of drug-likeness (QED) is 0.266. The van der Waals surface area contributed by atoms with Crippen LogP contribution in [0, 0.1) is 6.92 Å². The minimum Gasteiger partial charge on any atom is -0.305 e. The second kappa shape index (κ2) is 10.4. The highest BCUT2D eigenvalue weighted by Crippen LogP contribution is 2.32. The van der Waals surface area contributed by atoms with E-state index in [1.807, 2.05) is 24.2 Å². The van der Waals surface area contributed by atoms with Crippen molar-refractivity contribution in [2.24, 2.45) is 0 Å². The number of para-hydroxylation sites is 2. The highest BCUT2D eigenvalue weighted by Gasteiger charge is 2.05. The molecule has 3 rings (SSSR count). The van der Waals surface area contributed by atoms with Gasteiger partial charge in [0.25, 0.3) is 0 Å². The van der Waals surface area contributed by atoms with Gasteiger partial charge in [0.2, 0.25) is 0 Å². The average molecular weight is 379 g/mol. The molecule has 3 heteroatoms. The maximum absolute atomic E-state index is 4.53. The molecule has 2 aromatic carbocycles. The van der Waals surface area contributed by atoms with Crippen LogP contribution in [0.25, 0.3) is 17.2 Å². The summed E-state index contributed by atoms with van der Waals surface area (Å²) in [6.07, 6.45) is 13.3. The predicted molar refractivity (Wildman–Crippen MR) is 119 cm³/mol. The lowest BCUT2D eigenvalue weighted by Gasteiger charge is -2.09. The molecule has 0 fully saturated rings. The lowest BCUT2D eigenvalue weighted by atomic mass is 10.1. The van der Waals surface area contributed by atoms with Crippen LogP contribution in [0.15, 0.2) is 64.7 Å². The lowest BCUT2D eigenvalue weighted by Crippen LogP contribution is -1.89. The summed E-state index contributed by atoms with van der Waals surface area (Å²) in [6.45, 7) is 4.41. The predicted octanol–water partition coefficient (Wildman–Crippen LogP) is 7.69. The summed E-state index contributed by atoms with van der Waals surface area (Å²) in [4.78, 5) is 7.24. The maximum Gasteiger partial charge on any atom is 0.0999 e. The molecule has 0 spiro atoms. The van der Waals surface area contributed by atoms with Crippen LogP contribution in [-0.4, -0.2) is 9.55 Å². The Morgan fingerprint density at radius 3 is 2.52 bits per heavy atom. The zero-order valence-corrected chi connectivity index (χ0v) is 17.3. The first kappa shape index (κ1) is 19.8. The third-order valence-corrected chi connectivity index (χ3v) is 5.89. The van der Waals surface area contributed by atoms with Crippen molar-refractivity contribution in [1.29, 1.82) is 0 Å². The van der Waals surface area contributed by atoms with E-state index in [4.69, 9.17) is 0 Å². The number of fused-ring (bicyclic) bond motifs is 1. The number of aromatic nitrogens is 2. The molecule has 0 aliphatic carbocycles. The number of unbranched alkanes of at least 4 members (excludes halogenated alkanes) is 5. The van der Waals surface area contributed by atoms with E-state index in [9.17, 15) is 0 Å². The number of imidazole rings is 1. The molecule has 0 saturated heterocycles. The largest absolute Gasteiger partial charge is 0.305 e. The van der Waals surface area contributed by atoms with Crippen molar-refractivity contribution < 1.29 is 0 Å². The van der Waals surface area contributed by atoms with E-state index < -0.39 is 0 Å². The van der Waals surface area contributed by atoms with Gasteiger partial charge in [0.1, 0.15) is 0 Å². The van der Waals surface area contributed by atoms with Gasteiger partial charge < -0.3 is 4.57 Å². The van der Waals surface area contributed by atoms with E-state index >= 15 is 0 Å². The Morgan fingerprint density at radius 2 is 1.70 bits per heavy atom. The third-order valence-electron chi connectivity index (χ3n) is 4.81. The molecule has 3 aromatic rings. The van der Waals surface area contributed by atoms with Crippen LogP contribution < -0.4 is 0 Å². The Kier molecular flexibility index (Phi) is 7.58. The molecule has 0 atom stereocenters. The minimum absolute atomic E-state index is 1.05. The molecule has 0 unspecified atom stereocenters. The summed E-state index contributed by atoms with van der Waals surface area (Å²) in [5.41, 5.74) is 3.52. The Morgan fingerprint density at radius 1 is 0.963 bits per heavy atom. The van der Waals surface area contributed by atoms with Crippen LogP contribution in [0.2, 0.25) is 0 Å². The SMILES string of the molecule is CCCCCCCC/C(=C/n1cnc2ccccc21)Sc1ccc(C)cc1. The van der Waals surface area contributed by atoms with Crippen molar-refractivity contribution in [3.05, 3.63) is 65.3 Å². The number of rotatable bonds is 10. The normalized spacial score (nSPS) is 12.0. The highest BCUT2D eigenvalue weighted by atomic mass is 32.2. The maximum atomic E-state index is 4.53. The summed E-state index contributed by atoms with van der Waals surface area (Å²) in [5, 5.41) is 0. The van der Waals surface area contributed by atoms with Gasteiger partial charge in [-0.1, -0.05) is 80.6 Å². The van der Waals surface area contributed by atoms with Crippen LogP contribution in [-0.2, 0) is 0 Å². The molecule has 1 aromatic heterocycles. The smallest absolute Gasteiger partial charge is 0.0999 e. The highest BCUT2D eigenvalue weighted by molar-refractivity contribution is 8.03. The number of aryl methyl sites for hydroxylation is 1. The van der Waals surface area contributed by atoms with Crippen molar-refractivity contribution in [3.8, 4) is 0 Å². The molecule has 27 heavy (non-hydrogen) atoms. The van der Waals surface area contributed by atoms with E-state index in [0.717, 1.165) is 11.9 Å². The van der Waals surface area contributed by atoms with E-state index in [0.29, 0.717) is 0 Å². The van der Waals surface area contributed by atoms with Crippen molar-refractivity contribution in [3.63, 3.8) is 0 Å². The average Bonchev–Trinajstić information content (AvgIpc) is 3.09. The fraction of sp³-hybridized carbons (Fsp3) is 0.375. The van der Waals surface area contributed by atoms with Gasteiger partial charge in [-0.3, -0.25) is 0 Å². The third kappa shape index (κ3) is 6.00. The zero-order chi connectivity index (χ0) is 18.9. The topological polar surface area (TPSA) is 17.8 Å². The van der Waals surface area contributed by atoms with Gasteiger partial charge in [0, 0.05) is 16.0 Å². The van der Waals surface area contributed by atoms with Crippen LogP contribution in [0.1, 0.15) is 57.4 Å². The van der Waals surface area contributed by atoms with Crippen LogP contribution in [0.3, 0.4) is 0 Å². The molecule has 0 amide bonds. The Labute approximate surface area is 167 Å². The van der Waals surface area contributed by atoms with Gasteiger partial charge in [0.15, 0.2) is 0 Å². The summed E-state index contributed by atoms with van der Waals surface area (Å²) >= 11 is 1.89. The summed E-state index contributed by atoms with van der Waals surface area (Å²) in [6, 6.07) is 17.2. The molecule has 142 valence electrons. The summed E-state index contributed by atoms with van der Waals surface area (Å²) < 4.78 is 2.17. The first-order valence-electron chi connectivity index (χ1n) is 10.1. The van der Waals surface area contributed by atoms with E-state index in [-0.39, 0.29) is 0 Å². The molecule has 2 nitrogen and oxygen atoms in total. The van der Waals surface area contributed by atoms with Gasteiger partial charge >= 0.3 is 0 Å². The number of hydrogen-bond acceptors (Lipinski definition) is 2. The fourth-order valence-corrected chi connectivity index (χ4v) is 4.20. The second-order valence-electron chi connectivity index (χ2n) is 7.17. The minimum atomic E-state index is 1.05. The fourth-order valence-electron chi connectivity index (χ4n) is 3.22. The van der Waals surface area contributed by atoms with Gasteiger partial charge in [-0.25, -0.2) is 4.98 Å². The van der Waals surface area contributed by atoms with E-state index in [1.165, 1.54) is 59.4 Å². The second-order valence-corrected chi connectivity index (χ2v) is 8.37. The van der Waals surface area contributed by atoms with Crippen molar-refractivity contribution >= 4 is 29.0 Å². The standard InChI is InChI=1S/C24H30N2S/c1-3-4-5-6-7-8-11-22(27-21-16-14-20(2)15-17-21)18-26-19-25-23-12-9-10-13-24(23)26/h9-10,12-19H,3-8,11H2,1-2H3/b22-18-. The van der Waals surface area contributed by atoms with Crippen molar-refractivity contribution in [2.75, 3.05) is 0 Å². The van der Waals surface area contributed by atoms with Crippen molar-refractivity contribution in [2.45, 2.75) is 63.7 Å². The Bertz CT molecular complexity index is 861. The Balaban J connectivity index is 1.73.